The van der Waals surface area contributed by atoms with Crippen molar-refractivity contribution in [3.05, 3.63) is 60.1 Å². The molecule has 1 atom stereocenters. The molecular weight excluding hydrogens is 216 g/mol. The van der Waals surface area contributed by atoms with Gasteiger partial charge >= 0.3 is 0 Å². The molecular formula is C14H13O3-. The third kappa shape index (κ3) is 3.21. The van der Waals surface area contributed by atoms with E-state index in [9.17, 15) is 9.90 Å². The van der Waals surface area contributed by atoms with Gasteiger partial charge in [0.1, 0.15) is 5.76 Å². The molecule has 2 aromatic rings. The summed E-state index contributed by atoms with van der Waals surface area (Å²) in [5, 5.41) is 10.7. The van der Waals surface area contributed by atoms with Crippen molar-refractivity contribution in [1.29, 1.82) is 0 Å². The molecule has 2 rings (SSSR count). The lowest BCUT2D eigenvalue weighted by atomic mass is 9.94. The molecule has 1 aromatic heterocycles. The second-order valence-electron chi connectivity index (χ2n) is 3.98. The van der Waals surface area contributed by atoms with Crippen molar-refractivity contribution in [1.82, 2.24) is 0 Å². The lowest BCUT2D eigenvalue weighted by Gasteiger charge is -2.15. The van der Waals surface area contributed by atoms with Crippen molar-refractivity contribution in [3.63, 3.8) is 0 Å². The van der Waals surface area contributed by atoms with Crippen molar-refractivity contribution in [2.75, 3.05) is 0 Å². The van der Waals surface area contributed by atoms with E-state index in [1.165, 1.54) is 0 Å². The highest BCUT2D eigenvalue weighted by molar-refractivity contribution is 5.65. The summed E-state index contributed by atoms with van der Waals surface area (Å²) in [6.07, 6.45) is 2.17. The standard InChI is InChI=1S/C14H14O3/c15-14(16)10-12(13-7-4-8-17-13)9-11-5-2-1-3-6-11/h1-8,12H,9-10H2,(H,15,16)/p-1/t12-/m0/s1. The van der Waals surface area contributed by atoms with Crippen LogP contribution >= 0.6 is 0 Å². The normalized spacial score (nSPS) is 12.2. The fourth-order valence-electron chi connectivity index (χ4n) is 1.90. The SMILES string of the molecule is O=C([O-])C[C@H](Cc1ccccc1)c1ccco1. The van der Waals surface area contributed by atoms with Gasteiger partial charge in [-0.3, -0.25) is 0 Å². The monoisotopic (exact) mass is 229 g/mol. The number of hydrogen-bond acceptors (Lipinski definition) is 3. The van der Waals surface area contributed by atoms with E-state index < -0.39 is 5.97 Å². The van der Waals surface area contributed by atoms with E-state index in [0.717, 1.165) is 5.56 Å². The molecule has 1 heterocycles. The Bertz CT molecular complexity index is 459. The highest BCUT2D eigenvalue weighted by atomic mass is 16.4. The lowest BCUT2D eigenvalue weighted by Crippen LogP contribution is -2.25. The Morgan fingerprint density at radius 3 is 2.53 bits per heavy atom. The van der Waals surface area contributed by atoms with Crippen LogP contribution in [0.5, 0.6) is 0 Å². The summed E-state index contributed by atoms with van der Waals surface area (Å²) in [5.41, 5.74) is 1.09. The third-order valence-electron chi connectivity index (χ3n) is 2.68. The molecule has 88 valence electrons. The number of hydrogen-bond donors (Lipinski definition) is 0. The van der Waals surface area contributed by atoms with Crippen LogP contribution in [0.1, 0.15) is 23.7 Å². The molecule has 0 saturated heterocycles. The Balaban J connectivity index is 2.14. The number of rotatable bonds is 5. The zero-order chi connectivity index (χ0) is 12.1. The van der Waals surface area contributed by atoms with Gasteiger partial charge in [-0.25, -0.2) is 0 Å². The van der Waals surface area contributed by atoms with Gasteiger partial charge in [0.2, 0.25) is 0 Å². The van der Waals surface area contributed by atoms with Gasteiger partial charge in [0.25, 0.3) is 0 Å². The molecule has 0 aliphatic rings. The van der Waals surface area contributed by atoms with Crippen LogP contribution in [-0.4, -0.2) is 5.97 Å². The third-order valence-corrected chi connectivity index (χ3v) is 2.68. The van der Waals surface area contributed by atoms with E-state index >= 15 is 0 Å². The summed E-state index contributed by atoms with van der Waals surface area (Å²) in [7, 11) is 0. The molecule has 0 spiro atoms. The van der Waals surface area contributed by atoms with Crippen molar-refractivity contribution in [2.45, 2.75) is 18.8 Å². The average Bonchev–Trinajstić information content (AvgIpc) is 2.82. The van der Waals surface area contributed by atoms with Gasteiger partial charge in [0.15, 0.2) is 0 Å². The first-order valence-corrected chi connectivity index (χ1v) is 5.53. The maximum atomic E-state index is 10.7. The van der Waals surface area contributed by atoms with E-state index in [1.807, 2.05) is 30.3 Å². The number of carbonyl (C=O) groups excluding carboxylic acids is 1. The number of carbonyl (C=O) groups is 1. The molecule has 17 heavy (non-hydrogen) atoms. The minimum atomic E-state index is -1.05. The maximum absolute atomic E-state index is 10.7. The first-order chi connectivity index (χ1) is 8.25. The van der Waals surface area contributed by atoms with E-state index in [2.05, 4.69) is 0 Å². The predicted octanol–water partition coefficient (Wildman–Crippen LogP) is 1.75. The minimum absolute atomic E-state index is 0.0254. The maximum Gasteiger partial charge on any atom is 0.107 e. The highest BCUT2D eigenvalue weighted by Crippen LogP contribution is 2.24. The molecule has 0 amide bonds. The van der Waals surface area contributed by atoms with Gasteiger partial charge in [-0.15, -0.1) is 0 Å². The van der Waals surface area contributed by atoms with E-state index in [0.29, 0.717) is 12.2 Å². The molecule has 0 unspecified atom stereocenters. The molecule has 0 fully saturated rings. The molecule has 0 radical (unpaired) electrons. The van der Waals surface area contributed by atoms with Gasteiger partial charge in [-0.2, -0.15) is 0 Å². The fraction of sp³-hybridized carbons (Fsp3) is 0.214. The van der Waals surface area contributed by atoms with Crippen molar-refractivity contribution >= 4 is 5.97 Å². The summed E-state index contributed by atoms with van der Waals surface area (Å²) in [6.45, 7) is 0. The summed E-state index contributed by atoms with van der Waals surface area (Å²) < 4.78 is 5.28. The first kappa shape index (κ1) is 11.5. The Morgan fingerprint density at radius 2 is 1.94 bits per heavy atom. The van der Waals surface area contributed by atoms with Gasteiger partial charge < -0.3 is 14.3 Å². The van der Waals surface area contributed by atoms with E-state index in [4.69, 9.17) is 4.42 Å². The van der Waals surface area contributed by atoms with Crippen LogP contribution in [0, 0.1) is 0 Å². The van der Waals surface area contributed by atoms with Crippen LogP contribution < -0.4 is 5.11 Å². The van der Waals surface area contributed by atoms with Gasteiger partial charge in [-0.05, 0) is 30.5 Å². The Morgan fingerprint density at radius 1 is 1.18 bits per heavy atom. The predicted molar refractivity (Wildman–Crippen MR) is 61.2 cm³/mol. The van der Waals surface area contributed by atoms with E-state index in [-0.39, 0.29) is 12.3 Å². The lowest BCUT2D eigenvalue weighted by molar-refractivity contribution is -0.306. The largest absolute Gasteiger partial charge is 0.550 e. The van der Waals surface area contributed by atoms with Gasteiger partial charge in [0.05, 0.1) is 6.26 Å². The van der Waals surface area contributed by atoms with Gasteiger partial charge in [0, 0.05) is 11.9 Å². The number of aliphatic carboxylic acids is 1. The molecule has 3 nitrogen and oxygen atoms in total. The Hall–Kier alpha value is -2.03. The molecule has 0 bridgehead atoms. The topological polar surface area (TPSA) is 53.3 Å². The molecule has 3 heteroatoms. The fourth-order valence-corrected chi connectivity index (χ4v) is 1.90. The number of furan rings is 1. The van der Waals surface area contributed by atoms with Crippen LogP contribution in [0.15, 0.2) is 53.1 Å². The first-order valence-electron chi connectivity index (χ1n) is 5.53. The van der Waals surface area contributed by atoms with Crippen LogP contribution in [0.25, 0.3) is 0 Å². The zero-order valence-corrected chi connectivity index (χ0v) is 9.34. The average molecular weight is 229 g/mol. The number of benzene rings is 1. The van der Waals surface area contributed by atoms with Crippen LogP contribution in [0.3, 0.4) is 0 Å². The van der Waals surface area contributed by atoms with Crippen LogP contribution in [-0.2, 0) is 11.2 Å². The number of carboxylic acid groups (broad SMARTS) is 1. The van der Waals surface area contributed by atoms with Gasteiger partial charge in [-0.1, -0.05) is 30.3 Å². The summed E-state index contributed by atoms with van der Waals surface area (Å²) in [6, 6.07) is 13.3. The molecule has 0 aliphatic carbocycles. The highest BCUT2D eigenvalue weighted by Gasteiger charge is 2.15. The summed E-state index contributed by atoms with van der Waals surface area (Å²) >= 11 is 0. The quantitative estimate of drug-likeness (QED) is 0.784. The Kier molecular flexibility index (Phi) is 3.60. The van der Waals surface area contributed by atoms with Crippen LogP contribution in [0.4, 0.5) is 0 Å². The van der Waals surface area contributed by atoms with Crippen LogP contribution in [0.2, 0.25) is 0 Å². The summed E-state index contributed by atoms with van der Waals surface area (Å²) in [5.74, 6) is -0.530. The smallest absolute Gasteiger partial charge is 0.107 e. The molecule has 0 saturated carbocycles. The Labute approximate surface area is 99.7 Å². The second kappa shape index (κ2) is 5.34. The van der Waals surface area contributed by atoms with E-state index in [1.54, 1.807) is 18.4 Å². The summed E-state index contributed by atoms with van der Waals surface area (Å²) in [4.78, 5) is 10.7. The van der Waals surface area contributed by atoms with Crippen molar-refractivity contribution in [2.24, 2.45) is 0 Å². The second-order valence-corrected chi connectivity index (χ2v) is 3.98. The zero-order valence-electron chi connectivity index (χ0n) is 9.34. The molecule has 0 N–H and O–H groups in total. The number of carboxylic acids is 1. The molecule has 0 aliphatic heterocycles. The molecule has 1 aromatic carbocycles. The minimum Gasteiger partial charge on any atom is -0.550 e. The van der Waals surface area contributed by atoms with Crippen molar-refractivity contribution in [3.8, 4) is 0 Å². The van der Waals surface area contributed by atoms with Crippen molar-refractivity contribution < 1.29 is 14.3 Å².